The molecule has 0 amide bonds. The first-order valence-corrected chi connectivity index (χ1v) is 8.39. The first-order chi connectivity index (χ1) is 11.7. The van der Waals surface area contributed by atoms with Crippen LogP contribution < -0.4 is 19.5 Å². The fourth-order valence-corrected chi connectivity index (χ4v) is 3.12. The van der Waals surface area contributed by atoms with Gasteiger partial charge >= 0.3 is 0 Å². The second kappa shape index (κ2) is 7.71. The van der Waals surface area contributed by atoms with Crippen LogP contribution >= 0.6 is 0 Å². The molecule has 1 aliphatic carbocycles. The highest BCUT2D eigenvalue weighted by molar-refractivity contribution is 5.46. The Labute approximate surface area is 142 Å². The van der Waals surface area contributed by atoms with Gasteiger partial charge in [-0.25, -0.2) is 4.39 Å². The zero-order chi connectivity index (χ0) is 16.9. The lowest BCUT2D eigenvalue weighted by Crippen LogP contribution is -2.31. The minimum Gasteiger partial charge on any atom is -0.493 e. The number of halogens is 1. The molecule has 1 heterocycles. The standard InChI is InChI=1S/C19H24FNO3/c1-13(14-3-5-16(20)6-4-14)15(10-21-2)11-22-17-7-8-18-19(9-17)24-12-23-18/h3,5,7-9,13,15,21H,4,6,10-12H2,1-2H3/t13-,15-/m0/s1. The van der Waals surface area contributed by atoms with E-state index in [-0.39, 0.29) is 12.6 Å². The van der Waals surface area contributed by atoms with Gasteiger partial charge in [0.1, 0.15) is 11.6 Å². The summed E-state index contributed by atoms with van der Waals surface area (Å²) in [5, 5.41) is 3.23. The zero-order valence-corrected chi connectivity index (χ0v) is 14.2. The first kappa shape index (κ1) is 16.8. The van der Waals surface area contributed by atoms with Crippen LogP contribution in [0.2, 0.25) is 0 Å². The van der Waals surface area contributed by atoms with Crippen LogP contribution in [0.5, 0.6) is 17.2 Å². The second-order valence-corrected chi connectivity index (χ2v) is 6.29. The lowest BCUT2D eigenvalue weighted by molar-refractivity contribution is 0.173. The van der Waals surface area contributed by atoms with Crippen molar-refractivity contribution in [2.24, 2.45) is 11.8 Å². The summed E-state index contributed by atoms with van der Waals surface area (Å²) in [7, 11) is 1.94. The molecule has 1 aromatic carbocycles. The van der Waals surface area contributed by atoms with Crippen molar-refractivity contribution < 1.29 is 18.6 Å². The zero-order valence-electron chi connectivity index (χ0n) is 14.2. The summed E-state index contributed by atoms with van der Waals surface area (Å²) in [5.74, 6) is 2.85. The van der Waals surface area contributed by atoms with E-state index in [1.807, 2.05) is 31.3 Å². The van der Waals surface area contributed by atoms with Gasteiger partial charge in [-0.15, -0.1) is 0 Å². The summed E-state index contributed by atoms with van der Waals surface area (Å²) in [5.41, 5.74) is 1.28. The third-order valence-electron chi connectivity index (χ3n) is 4.70. The van der Waals surface area contributed by atoms with Gasteiger partial charge in [-0.1, -0.05) is 18.6 Å². The maximum atomic E-state index is 13.2. The number of hydrogen-bond donors (Lipinski definition) is 1. The highest BCUT2D eigenvalue weighted by atomic mass is 19.1. The first-order valence-electron chi connectivity index (χ1n) is 8.39. The molecule has 1 N–H and O–H groups in total. The Kier molecular flexibility index (Phi) is 5.41. The maximum absolute atomic E-state index is 13.2. The molecule has 5 heteroatoms. The van der Waals surface area contributed by atoms with Crippen molar-refractivity contribution in [3.8, 4) is 17.2 Å². The van der Waals surface area contributed by atoms with Crippen LogP contribution in [-0.4, -0.2) is 27.0 Å². The molecule has 0 unspecified atom stereocenters. The lowest BCUT2D eigenvalue weighted by Gasteiger charge is -2.27. The van der Waals surface area contributed by atoms with Gasteiger partial charge in [0.2, 0.25) is 6.79 Å². The van der Waals surface area contributed by atoms with Gasteiger partial charge in [-0.2, -0.15) is 0 Å². The molecule has 0 saturated heterocycles. The predicted molar refractivity (Wildman–Crippen MR) is 91.1 cm³/mol. The average Bonchev–Trinajstić information content (AvgIpc) is 3.06. The Morgan fingerprint density at radius 2 is 2.04 bits per heavy atom. The quantitative estimate of drug-likeness (QED) is 0.823. The largest absolute Gasteiger partial charge is 0.493 e. The van der Waals surface area contributed by atoms with Crippen LogP contribution in [0.1, 0.15) is 19.8 Å². The van der Waals surface area contributed by atoms with Crippen molar-refractivity contribution >= 4 is 0 Å². The van der Waals surface area contributed by atoms with Gasteiger partial charge in [-0.3, -0.25) is 0 Å². The molecule has 0 fully saturated rings. The van der Waals surface area contributed by atoms with Gasteiger partial charge in [0.05, 0.1) is 6.61 Å². The molecule has 0 radical (unpaired) electrons. The lowest BCUT2D eigenvalue weighted by atomic mass is 9.83. The van der Waals surface area contributed by atoms with Gasteiger partial charge in [0.15, 0.2) is 11.5 Å². The van der Waals surface area contributed by atoms with E-state index >= 15 is 0 Å². The van der Waals surface area contributed by atoms with Crippen molar-refractivity contribution in [3.63, 3.8) is 0 Å². The highest BCUT2D eigenvalue weighted by Gasteiger charge is 2.23. The van der Waals surface area contributed by atoms with Gasteiger partial charge in [0.25, 0.3) is 0 Å². The van der Waals surface area contributed by atoms with Crippen LogP contribution in [0.4, 0.5) is 4.39 Å². The predicted octanol–water partition coefficient (Wildman–Crippen LogP) is 3.84. The van der Waals surface area contributed by atoms with Crippen LogP contribution in [0.3, 0.4) is 0 Å². The smallest absolute Gasteiger partial charge is 0.231 e. The van der Waals surface area contributed by atoms with Gasteiger partial charge in [0, 0.05) is 24.9 Å². The average molecular weight is 333 g/mol. The van der Waals surface area contributed by atoms with Crippen molar-refractivity contribution in [1.29, 1.82) is 0 Å². The van der Waals surface area contributed by atoms with E-state index in [9.17, 15) is 4.39 Å². The summed E-state index contributed by atoms with van der Waals surface area (Å²) in [6, 6.07) is 5.62. The number of rotatable bonds is 7. The topological polar surface area (TPSA) is 39.7 Å². The summed E-state index contributed by atoms with van der Waals surface area (Å²) in [4.78, 5) is 0. The molecule has 0 bridgehead atoms. The Bertz CT molecular complexity index is 641. The molecule has 0 aromatic heterocycles. The SMILES string of the molecule is CNC[C@@H](COc1ccc2c(c1)OCO2)[C@@H](C)C1=CC=C(F)CC1. The van der Waals surface area contributed by atoms with Crippen LogP contribution in [-0.2, 0) is 0 Å². The van der Waals surface area contributed by atoms with E-state index in [1.165, 1.54) is 5.57 Å². The van der Waals surface area contributed by atoms with E-state index < -0.39 is 0 Å². The molecule has 2 atom stereocenters. The monoisotopic (exact) mass is 333 g/mol. The van der Waals surface area contributed by atoms with Crippen molar-refractivity contribution in [2.45, 2.75) is 19.8 Å². The van der Waals surface area contributed by atoms with E-state index in [0.717, 1.165) is 30.2 Å². The fourth-order valence-electron chi connectivity index (χ4n) is 3.12. The molecule has 24 heavy (non-hydrogen) atoms. The van der Waals surface area contributed by atoms with Crippen LogP contribution in [0.25, 0.3) is 0 Å². The minimum atomic E-state index is -0.0345. The summed E-state index contributed by atoms with van der Waals surface area (Å²) in [6.45, 7) is 3.88. The van der Waals surface area contributed by atoms with E-state index in [4.69, 9.17) is 14.2 Å². The molecule has 0 spiro atoms. The van der Waals surface area contributed by atoms with Crippen molar-refractivity contribution in [2.75, 3.05) is 27.0 Å². The third kappa shape index (κ3) is 3.90. The van der Waals surface area contributed by atoms with Crippen molar-refractivity contribution in [1.82, 2.24) is 5.32 Å². The Morgan fingerprint density at radius 1 is 1.21 bits per heavy atom. The number of ether oxygens (including phenoxy) is 3. The van der Waals surface area contributed by atoms with Gasteiger partial charge in [-0.05, 0) is 37.6 Å². The Morgan fingerprint density at radius 3 is 2.79 bits per heavy atom. The van der Waals surface area contributed by atoms with E-state index in [0.29, 0.717) is 24.9 Å². The Hall–Kier alpha value is -2.01. The molecule has 4 nitrogen and oxygen atoms in total. The van der Waals surface area contributed by atoms with E-state index in [2.05, 4.69) is 12.2 Å². The third-order valence-corrected chi connectivity index (χ3v) is 4.70. The fraction of sp³-hybridized carbons (Fsp3) is 0.474. The molecule has 3 rings (SSSR count). The number of allylic oxidation sites excluding steroid dienone is 4. The summed E-state index contributed by atoms with van der Waals surface area (Å²) < 4.78 is 29.9. The molecular weight excluding hydrogens is 309 g/mol. The van der Waals surface area contributed by atoms with Crippen LogP contribution in [0.15, 0.2) is 41.8 Å². The molecule has 1 aromatic rings. The maximum Gasteiger partial charge on any atom is 0.231 e. The molecule has 130 valence electrons. The van der Waals surface area contributed by atoms with Gasteiger partial charge < -0.3 is 19.5 Å². The number of nitrogens with one attached hydrogen (secondary N) is 1. The highest BCUT2D eigenvalue weighted by Crippen LogP contribution is 2.35. The number of hydrogen-bond acceptors (Lipinski definition) is 4. The number of fused-ring (bicyclic) bond motifs is 1. The second-order valence-electron chi connectivity index (χ2n) is 6.29. The van der Waals surface area contributed by atoms with Crippen LogP contribution in [0, 0.1) is 11.8 Å². The molecule has 0 saturated carbocycles. The summed E-state index contributed by atoms with van der Waals surface area (Å²) >= 11 is 0. The molecular formula is C19H24FNO3. The van der Waals surface area contributed by atoms with Crippen molar-refractivity contribution in [3.05, 3.63) is 41.8 Å². The summed E-state index contributed by atoms with van der Waals surface area (Å²) in [6.07, 6.45) is 4.80. The normalized spacial score (nSPS) is 18.6. The number of benzene rings is 1. The molecule has 2 aliphatic rings. The van der Waals surface area contributed by atoms with E-state index in [1.54, 1.807) is 6.08 Å². The minimum absolute atomic E-state index is 0.0345. The Balaban J connectivity index is 1.63. The molecule has 1 aliphatic heterocycles.